The van der Waals surface area contributed by atoms with Gasteiger partial charge in [-0.2, -0.15) is 0 Å². The number of ether oxygens (including phenoxy) is 1. The zero-order valence-electron chi connectivity index (χ0n) is 12.0. The first-order valence-electron chi connectivity index (χ1n) is 6.96. The summed E-state index contributed by atoms with van der Waals surface area (Å²) < 4.78 is 5.20. The van der Waals surface area contributed by atoms with Crippen LogP contribution in [-0.4, -0.2) is 67.9 Å². The quantitative estimate of drug-likeness (QED) is 0.661. The molecule has 2 saturated heterocycles. The molecular formula is C13H23N3O4. The Bertz CT molecular complexity index is 390. The molecule has 2 amide bonds. The zero-order chi connectivity index (χ0) is 14.8. The standard InChI is InChI=1S/C13H23N3O4/c1-13(11(17)18)8-20-7-10(13)15-12(19)14-5-9-3-4-16(2)6-9/h9-10H,3-8H2,1-2H3,(H,17,18)(H2,14,15,19). The Kier molecular flexibility index (Phi) is 4.49. The van der Waals surface area contributed by atoms with Gasteiger partial charge in [0.1, 0.15) is 5.41 Å². The van der Waals surface area contributed by atoms with E-state index in [1.165, 1.54) is 0 Å². The molecule has 0 aromatic carbocycles. The van der Waals surface area contributed by atoms with Crippen LogP contribution in [0, 0.1) is 11.3 Å². The van der Waals surface area contributed by atoms with Crippen molar-refractivity contribution in [2.24, 2.45) is 11.3 Å². The van der Waals surface area contributed by atoms with Crippen LogP contribution in [0.4, 0.5) is 4.79 Å². The molecule has 2 rings (SSSR count). The smallest absolute Gasteiger partial charge is 0.315 e. The Morgan fingerprint density at radius 3 is 2.85 bits per heavy atom. The van der Waals surface area contributed by atoms with Crippen LogP contribution in [0.5, 0.6) is 0 Å². The minimum atomic E-state index is -1.05. The number of aliphatic carboxylic acids is 1. The number of hydrogen-bond acceptors (Lipinski definition) is 4. The first-order valence-corrected chi connectivity index (χ1v) is 6.96. The second-order valence-corrected chi connectivity index (χ2v) is 6.06. The van der Waals surface area contributed by atoms with Gasteiger partial charge in [-0.1, -0.05) is 0 Å². The van der Waals surface area contributed by atoms with Crippen LogP contribution >= 0.6 is 0 Å². The van der Waals surface area contributed by atoms with Gasteiger partial charge in [0.15, 0.2) is 0 Å². The number of carbonyl (C=O) groups excluding carboxylic acids is 1. The molecule has 0 aromatic rings. The molecular weight excluding hydrogens is 262 g/mol. The molecule has 3 unspecified atom stereocenters. The number of hydrogen-bond donors (Lipinski definition) is 3. The van der Waals surface area contributed by atoms with Gasteiger partial charge in [-0.05, 0) is 32.9 Å². The summed E-state index contributed by atoms with van der Waals surface area (Å²) in [5, 5.41) is 14.8. The number of amides is 2. The Labute approximate surface area is 118 Å². The Morgan fingerprint density at radius 2 is 2.25 bits per heavy atom. The SMILES string of the molecule is CN1CCC(CNC(=O)NC2COCC2(C)C(=O)O)C1. The summed E-state index contributed by atoms with van der Waals surface area (Å²) in [6.07, 6.45) is 1.08. The van der Waals surface area contributed by atoms with Gasteiger partial charge in [0.05, 0.1) is 19.3 Å². The molecule has 2 fully saturated rings. The molecule has 2 aliphatic heterocycles. The van der Waals surface area contributed by atoms with E-state index in [2.05, 4.69) is 22.6 Å². The maximum atomic E-state index is 11.9. The summed E-state index contributed by atoms with van der Waals surface area (Å²) in [7, 11) is 2.06. The van der Waals surface area contributed by atoms with Gasteiger partial charge in [-0.25, -0.2) is 4.79 Å². The van der Waals surface area contributed by atoms with Gasteiger partial charge in [-0.15, -0.1) is 0 Å². The Hall–Kier alpha value is -1.34. The lowest BCUT2D eigenvalue weighted by atomic mass is 9.85. The van der Waals surface area contributed by atoms with E-state index in [-0.39, 0.29) is 19.2 Å². The summed E-state index contributed by atoms with van der Waals surface area (Å²) in [5.74, 6) is -0.478. The van der Waals surface area contributed by atoms with E-state index >= 15 is 0 Å². The van der Waals surface area contributed by atoms with Crippen LogP contribution in [0.15, 0.2) is 0 Å². The number of carboxylic acids is 1. The number of carboxylic acid groups (broad SMARTS) is 1. The van der Waals surface area contributed by atoms with Crippen molar-refractivity contribution in [3.63, 3.8) is 0 Å². The highest BCUT2D eigenvalue weighted by Gasteiger charge is 2.47. The van der Waals surface area contributed by atoms with Gasteiger partial charge in [0, 0.05) is 13.1 Å². The molecule has 3 atom stereocenters. The van der Waals surface area contributed by atoms with Crippen molar-refractivity contribution in [1.29, 1.82) is 0 Å². The average Bonchev–Trinajstić information content (AvgIpc) is 2.95. The summed E-state index contributed by atoms with van der Waals surface area (Å²) in [6.45, 7) is 4.62. The molecule has 3 N–H and O–H groups in total. The first-order chi connectivity index (χ1) is 9.41. The zero-order valence-corrected chi connectivity index (χ0v) is 12.0. The van der Waals surface area contributed by atoms with E-state index in [9.17, 15) is 14.7 Å². The molecule has 114 valence electrons. The fraction of sp³-hybridized carbons (Fsp3) is 0.846. The fourth-order valence-electron chi connectivity index (χ4n) is 2.72. The maximum Gasteiger partial charge on any atom is 0.315 e. The molecule has 2 aliphatic rings. The molecule has 0 spiro atoms. The summed E-state index contributed by atoms with van der Waals surface area (Å²) in [6, 6.07) is -0.811. The van der Waals surface area contributed by atoms with Crippen LogP contribution in [0.1, 0.15) is 13.3 Å². The largest absolute Gasteiger partial charge is 0.481 e. The molecule has 7 heteroatoms. The van der Waals surface area contributed by atoms with Crippen molar-refractivity contribution in [2.75, 3.05) is 39.9 Å². The normalized spacial score (nSPS) is 34.1. The predicted octanol–water partition coefficient (Wildman–Crippen LogP) is -0.273. The highest BCUT2D eigenvalue weighted by molar-refractivity contribution is 5.79. The van der Waals surface area contributed by atoms with E-state index in [4.69, 9.17) is 4.74 Å². The van der Waals surface area contributed by atoms with Crippen LogP contribution in [0.25, 0.3) is 0 Å². The van der Waals surface area contributed by atoms with E-state index in [0.29, 0.717) is 12.5 Å². The summed E-state index contributed by atoms with van der Waals surface area (Å²) >= 11 is 0. The summed E-state index contributed by atoms with van der Waals surface area (Å²) in [4.78, 5) is 25.4. The minimum Gasteiger partial charge on any atom is -0.481 e. The lowest BCUT2D eigenvalue weighted by molar-refractivity contribution is -0.148. The van der Waals surface area contributed by atoms with Crippen LogP contribution in [-0.2, 0) is 9.53 Å². The topological polar surface area (TPSA) is 90.9 Å². The molecule has 0 aliphatic carbocycles. The second-order valence-electron chi connectivity index (χ2n) is 6.06. The van der Waals surface area contributed by atoms with E-state index in [1.54, 1.807) is 6.92 Å². The van der Waals surface area contributed by atoms with Crippen LogP contribution in [0.3, 0.4) is 0 Å². The second kappa shape index (κ2) is 5.97. The van der Waals surface area contributed by atoms with Crippen molar-refractivity contribution in [3.05, 3.63) is 0 Å². The number of carbonyl (C=O) groups is 2. The highest BCUT2D eigenvalue weighted by atomic mass is 16.5. The maximum absolute atomic E-state index is 11.9. The van der Waals surface area contributed by atoms with E-state index in [1.807, 2.05) is 0 Å². The average molecular weight is 285 g/mol. The predicted molar refractivity (Wildman–Crippen MR) is 72.5 cm³/mol. The van der Waals surface area contributed by atoms with Crippen molar-refractivity contribution in [3.8, 4) is 0 Å². The van der Waals surface area contributed by atoms with Gasteiger partial charge < -0.3 is 25.4 Å². The molecule has 0 radical (unpaired) electrons. The van der Waals surface area contributed by atoms with Gasteiger partial charge in [0.2, 0.25) is 0 Å². The Balaban J connectivity index is 1.78. The molecule has 0 bridgehead atoms. The van der Waals surface area contributed by atoms with Crippen molar-refractivity contribution in [1.82, 2.24) is 15.5 Å². The number of urea groups is 1. The first kappa shape index (κ1) is 15.1. The van der Waals surface area contributed by atoms with E-state index in [0.717, 1.165) is 19.5 Å². The highest BCUT2D eigenvalue weighted by Crippen LogP contribution is 2.28. The van der Waals surface area contributed by atoms with Crippen LogP contribution in [0.2, 0.25) is 0 Å². The lowest BCUT2D eigenvalue weighted by Gasteiger charge is -2.25. The lowest BCUT2D eigenvalue weighted by Crippen LogP contribution is -2.52. The number of likely N-dealkylation sites (tertiary alicyclic amines) is 1. The van der Waals surface area contributed by atoms with Crippen molar-refractivity contribution in [2.45, 2.75) is 19.4 Å². The van der Waals surface area contributed by atoms with Gasteiger partial charge in [0.25, 0.3) is 0 Å². The number of rotatable bonds is 4. The summed E-state index contributed by atoms with van der Waals surface area (Å²) in [5.41, 5.74) is -1.05. The fourth-order valence-corrected chi connectivity index (χ4v) is 2.72. The monoisotopic (exact) mass is 285 g/mol. The Morgan fingerprint density at radius 1 is 1.50 bits per heavy atom. The minimum absolute atomic E-state index is 0.126. The third-order valence-corrected chi connectivity index (χ3v) is 4.29. The molecule has 0 saturated carbocycles. The van der Waals surface area contributed by atoms with E-state index < -0.39 is 17.4 Å². The molecule has 20 heavy (non-hydrogen) atoms. The van der Waals surface area contributed by atoms with Gasteiger partial charge in [-0.3, -0.25) is 4.79 Å². The number of nitrogens with one attached hydrogen (secondary N) is 2. The van der Waals surface area contributed by atoms with Crippen molar-refractivity contribution < 1.29 is 19.4 Å². The molecule has 2 heterocycles. The number of nitrogens with zero attached hydrogens (tertiary/aromatic N) is 1. The molecule has 0 aromatic heterocycles. The molecule has 7 nitrogen and oxygen atoms in total. The third-order valence-electron chi connectivity index (χ3n) is 4.29. The van der Waals surface area contributed by atoms with Crippen molar-refractivity contribution >= 4 is 12.0 Å². The van der Waals surface area contributed by atoms with Gasteiger partial charge >= 0.3 is 12.0 Å². The van der Waals surface area contributed by atoms with Crippen LogP contribution < -0.4 is 10.6 Å². The third kappa shape index (κ3) is 3.21.